The maximum atomic E-state index is 12.2. The van der Waals surface area contributed by atoms with Crippen LogP contribution in [0.15, 0.2) is 117 Å². The van der Waals surface area contributed by atoms with Crippen LogP contribution in [0.4, 0.5) is 0 Å². The lowest BCUT2D eigenvalue weighted by atomic mass is 10.2. The molecule has 5 atom stereocenters. The van der Waals surface area contributed by atoms with Crippen molar-refractivity contribution in [1.29, 1.82) is 0 Å². The fourth-order valence-corrected chi connectivity index (χ4v) is 12.3. The van der Waals surface area contributed by atoms with E-state index in [0.717, 1.165) is 39.7 Å². The Morgan fingerprint density at radius 1 is 0.348 bits per heavy atom. The van der Waals surface area contributed by atoms with E-state index in [4.69, 9.17) is 89.9 Å². The number of aliphatic hydroxyl groups excluding tert-OH is 4. The minimum atomic E-state index is -3.97. The molecule has 0 aliphatic rings. The van der Waals surface area contributed by atoms with Crippen LogP contribution in [0.2, 0.25) is 0 Å². The second kappa shape index (κ2) is 57.2. The van der Waals surface area contributed by atoms with Gasteiger partial charge in [0, 0.05) is 28.0 Å². The quantitative estimate of drug-likeness (QED) is 0.00982. The van der Waals surface area contributed by atoms with Gasteiger partial charge < -0.3 is 82.6 Å². The molecule has 4 aromatic carbocycles. The van der Waals surface area contributed by atoms with E-state index in [-0.39, 0.29) is 125 Å². The summed E-state index contributed by atoms with van der Waals surface area (Å²) in [6.07, 6.45) is -2.34. The Morgan fingerprint density at radius 2 is 0.589 bits per heavy atom. The van der Waals surface area contributed by atoms with Crippen LogP contribution in [0, 0.1) is 27.7 Å². The number of carboxylic acid groups (broad SMARTS) is 5. The predicted octanol–water partition coefficient (Wildman–Crippen LogP) is 6.64. The van der Waals surface area contributed by atoms with Gasteiger partial charge in [0.2, 0.25) is 0 Å². The molecule has 0 amide bonds. The Morgan fingerprint density at radius 3 is 0.830 bits per heavy atom. The molecule has 0 spiro atoms. The molecule has 38 heteroatoms. The first kappa shape index (κ1) is 117. The molecule has 5 unspecified atom stereocenters. The molecule has 9 N–H and O–H groups in total. The van der Waals surface area contributed by atoms with Gasteiger partial charge >= 0.3 is 29.8 Å². The molecule has 650 valence electrons. The first-order chi connectivity index (χ1) is 49.9. The number of nitrogens with zero attached hydrogens (tertiary/aromatic N) is 5. The molecule has 0 saturated heterocycles. The highest BCUT2D eigenvalue weighted by molar-refractivity contribution is 8.14. The molecule has 112 heavy (non-hydrogen) atoms. The highest BCUT2D eigenvalue weighted by atomic mass is 35.7. The average molecular weight is 1730 g/mol. The number of carbonyl (C=O) groups is 5. The molecular formula is C74H134Cl2N5O27S4+5. The van der Waals surface area contributed by atoms with Crippen molar-refractivity contribution in [3.8, 4) is 0 Å². The van der Waals surface area contributed by atoms with Crippen LogP contribution < -0.4 is 0 Å². The van der Waals surface area contributed by atoms with Gasteiger partial charge in [-0.1, -0.05) is 92.6 Å². The number of likely N-dealkylation sites (N-methyl/N-ethyl adjacent to an activating group) is 5. The summed E-state index contributed by atoms with van der Waals surface area (Å²) in [5, 5.41) is 76.4. The van der Waals surface area contributed by atoms with Crippen molar-refractivity contribution < 1.29 is 149 Å². The van der Waals surface area contributed by atoms with E-state index in [0.29, 0.717) is 44.2 Å². The van der Waals surface area contributed by atoms with Gasteiger partial charge in [-0.2, -0.15) is 16.8 Å². The smallest absolute Gasteiger partial charge is 0.306 e. The van der Waals surface area contributed by atoms with E-state index < -0.39 is 86.5 Å². The van der Waals surface area contributed by atoms with Crippen LogP contribution in [-0.2, 0) is 84.9 Å². The number of quaternary nitrogens is 5. The number of aliphatic carboxylic acids is 5. The minimum Gasteiger partial charge on any atom is -0.481 e. The fourth-order valence-electron chi connectivity index (χ4n) is 8.76. The second-order valence-electron chi connectivity index (χ2n) is 30.2. The molecule has 0 bridgehead atoms. The lowest BCUT2D eigenvalue weighted by molar-refractivity contribution is -0.873. The van der Waals surface area contributed by atoms with Crippen LogP contribution in [-0.4, -0.2) is 347 Å². The summed E-state index contributed by atoms with van der Waals surface area (Å²) in [7, 11) is 24.3. The summed E-state index contributed by atoms with van der Waals surface area (Å²) >= 11 is 0. The highest BCUT2D eigenvalue weighted by Gasteiger charge is 2.30. The zero-order chi connectivity index (χ0) is 86.5. The first-order valence-electron chi connectivity index (χ1n) is 34.4. The van der Waals surface area contributed by atoms with Crippen molar-refractivity contribution in [2.45, 2.75) is 138 Å². The third-order valence-electron chi connectivity index (χ3n) is 13.0. The zero-order valence-electron chi connectivity index (χ0n) is 67.4. The molecular weight excluding hydrogens is 1590 g/mol. The third-order valence-corrected chi connectivity index (χ3v) is 18.5. The topological polar surface area (TPSA) is 450 Å². The van der Waals surface area contributed by atoms with E-state index in [1.807, 2.05) is 140 Å². The number of hydrogen-bond donors (Lipinski definition) is 9. The summed E-state index contributed by atoms with van der Waals surface area (Å²) in [5.41, 5.74) is 3.90. The maximum absolute atomic E-state index is 12.2. The first-order valence-corrected chi connectivity index (χ1v) is 41.8. The third kappa shape index (κ3) is 70.7. The number of aliphatic hydroxyl groups is 4. The SMILES string of the molecule is C.C.CCCOC(CC(=O)O)C[N+](C)(C)C.C[N+](C)(C)CC(CC(=O)O)OCCO.C[N+](C)(C)CC(O)CC(=O)O.Cc1ccc(S(=O)(=O)Cl)cc1.Cc1ccc(S(=O)(=O)Cl)cc1.Cc1ccc(S(=O)(=O)OC(CC(=O)O)C[N+](C)(C)C)cc1.Cc1ccc(S(=O)(=O)OCCOC(CC(=O)O)C[N+](C)(C)C)cc1.OCCO. The van der Waals surface area contributed by atoms with Gasteiger partial charge in [0.15, 0.2) is 0 Å². The summed E-state index contributed by atoms with van der Waals surface area (Å²) in [4.78, 5) is 53.4. The zero-order valence-corrected chi connectivity index (χ0v) is 72.1. The summed E-state index contributed by atoms with van der Waals surface area (Å²) in [5.74, 6) is -4.67. The molecule has 4 aromatic rings. The summed E-state index contributed by atoms with van der Waals surface area (Å²) in [6, 6.07) is 25.3. The number of carboxylic acids is 5. The van der Waals surface area contributed by atoms with Gasteiger partial charge in [-0.25, -0.2) is 16.8 Å². The number of ether oxygens (including phenoxy) is 3. The van der Waals surface area contributed by atoms with E-state index >= 15 is 0 Å². The van der Waals surface area contributed by atoms with Gasteiger partial charge in [0.1, 0.15) is 63.2 Å². The average Bonchev–Trinajstić information content (AvgIpc) is 0.844. The number of rotatable bonds is 38. The van der Waals surface area contributed by atoms with E-state index in [1.165, 1.54) is 48.5 Å². The van der Waals surface area contributed by atoms with Crippen molar-refractivity contribution >= 4 is 89.5 Å². The van der Waals surface area contributed by atoms with Crippen molar-refractivity contribution in [3.63, 3.8) is 0 Å². The van der Waals surface area contributed by atoms with E-state index in [9.17, 15) is 57.6 Å². The summed E-state index contributed by atoms with van der Waals surface area (Å²) in [6.45, 7) is 12.4. The molecule has 0 aliphatic heterocycles. The summed E-state index contributed by atoms with van der Waals surface area (Å²) < 4.78 is 120. The van der Waals surface area contributed by atoms with Gasteiger partial charge in [-0.05, 0) is 82.6 Å². The molecule has 0 aromatic heterocycles. The molecule has 32 nitrogen and oxygen atoms in total. The molecule has 0 saturated carbocycles. The molecule has 4 rings (SSSR count). The molecule has 0 aliphatic carbocycles. The molecule has 0 fully saturated rings. The lowest BCUT2D eigenvalue weighted by Crippen LogP contribution is -2.43. The molecule has 0 heterocycles. The van der Waals surface area contributed by atoms with Crippen molar-refractivity contribution in [3.05, 3.63) is 119 Å². The van der Waals surface area contributed by atoms with Crippen LogP contribution in [0.3, 0.4) is 0 Å². The minimum absolute atomic E-state index is 0. The normalized spacial score (nSPS) is 13.0. The molecule has 0 radical (unpaired) electrons. The standard InChI is InChI=1S/C16H25NO6S.C14H21NO5S.C10H21NO3.C9H19NO4.2C7H7ClO2S.C7H15NO3.C2H6O2.2CH4/c1-13-5-7-15(8-6-13)24(20,21)23-10-9-22-14(11-16(18)19)12-17(2,3)4;1-11-5-7-13(8-6-11)21(18,19)20-12(9-14(16)17)10-15(2,3)4;1-5-6-14-9(7-10(12)13)8-11(2,3)4;1-10(2,3)7-8(6-9(12)13)14-5-4-11;2*1-6-2-4-7(5-3-6)11(8,9)10;1-8(2,3)5-6(9)4-7(10)11;3-1-2-4;;/h5-8,14H,9-12H2,1-4H3;5-8,12H,9-10H2,1-4H3;9H,5-8H2,1-4H3;8,11H,4-7H2,1-3H3;2*2-5H,1H3;6,9H,4-5H2,1-3H3;3-4H,1-2H2;2*1H4/p+5. The van der Waals surface area contributed by atoms with E-state index in [2.05, 4.69) is 0 Å². The largest absolute Gasteiger partial charge is 0.481 e. The highest BCUT2D eigenvalue weighted by Crippen LogP contribution is 2.20. The number of hydrogen-bond acceptors (Lipinski definition) is 22. The Kier molecular flexibility index (Phi) is 59.7. The number of aryl methyl sites for hydroxylation is 4. The Hall–Kier alpha value is -5.95. The second-order valence-corrected chi connectivity index (χ2v) is 38.6. The lowest BCUT2D eigenvalue weighted by Gasteiger charge is -2.28. The van der Waals surface area contributed by atoms with Crippen molar-refractivity contribution in [2.75, 3.05) is 185 Å². The van der Waals surface area contributed by atoms with Gasteiger partial charge in [-0.3, -0.25) is 32.3 Å². The van der Waals surface area contributed by atoms with Crippen LogP contribution >= 0.6 is 21.4 Å². The van der Waals surface area contributed by atoms with Gasteiger partial charge in [0.25, 0.3) is 38.3 Å². The van der Waals surface area contributed by atoms with Crippen LogP contribution in [0.25, 0.3) is 0 Å². The maximum Gasteiger partial charge on any atom is 0.306 e. The number of benzene rings is 4. The van der Waals surface area contributed by atoms with E-state index in [1.54, 1.807) is 48.5 Å². The van der Waals surface area contributed by atoms with Crippen molar-refractivity contribution in [2.24, 2.45) is 0 Å². The Labute approximate surface area is 676 Å². The van der Waals surface area contributed by atoms with Crippen LogP contribution in [0.5, 0.6) is 0 Å². The van der Waals surface area contributed by atoms with Crippen molar-refractivity contribution in [1.82, 2.24) is 0 Å². The fraction of sp³-hybridized carbons (Fsp3) is 0.608. The Bertz CT molecular complexity index is 3620. The monoisotopic (exact) mass is 1720 g/mol. The predicted molar refractivity (Wildman–Crippen MR) is 432 cm³/mol. The van der Waals surface area contributed by atoms with Gasteiger partial charge in [-0.15, -0.1) is 0 Å². The number of halogens is 2. The van der Waals surface area contributed by atoms with Crippen LogP contribution in [0.1, 0.15) is 82.6 Å². The van der Waals surface area contributed by atoms with Gasteiger partial charge in [0.05, 0.1) is 197 Å². The Balaban J connectivity index is -0.000000295.